The van der Waals surface area contributed by atoms with Crippen LogP contribution in [0.1, 0.15) is 49.9 Å². The second kappa shape index (κ2) is 18.1. The van der Waals surface area contributed by atoms with Crippen molar-refractivity contribution in [2.24, 2.45) is 11.8 Å². The van der Waals surface area contributed by atoms with Crippen molar-refractivity contribution in [3.63, 3.8) is 0 Å². The number of hydrogen-bond donors (Lipinski definition) is 0. The third-order valence-electron chi connectivity index (χ3n) is 6.19. The van der Waals surface area contributed by atoms with Gasteiger partial charge in [-0.3, -0.25) is 0 Å². The molecule has 2 radical (unpaired) electrons. The van der Waals surface area contributed by atoms with Gasteiger partial charge in [-0.1, -0.05) is 94.7 Å². The summed E-state index contributed by atoms with van der Waals surface area (Å²) in [6.07, 6.45) is 2.36. The fourth-order valence-electron chi connectivity index (χ4n) is 4.63. The Balaban J connectivity index is 0.000000202. The molecule has 0 spiro atoms. The molecule has 0 aromatic heterocycles. The normalized spacial score (nSPS) is 10.3. The number of rotatable bonds is 5. The van der Waals surface area contributed by atoms with Gasteiger partial charge in [0.05, 0.1) is 9.52 Å². The Kier molecular flexibility index (Phi) is 15.7. The van der Waals surface area contributed by atoms with Crippen LogP contribution in [0.2, 0.25) is 6.55 Å². The number of benzene rings is 3. The molecule has 0 aliphatic carbocycles. The molecular weight excluding hydrogens is 611 g/mol. The van der Waals surface area contributed by atoms with Crippen LogP contribution in [-0.4, -0.2) is 9.52 Å². The third kappa shape index (κ3) is 12.7. The first kappa shape index (κ1) is 33.8. The summed E-state index contributed by atoms with van der Waals surface area (Å²) in [5.74, 6) is 1.48. The summed E-state index contributed by atoms with van der Waals surface area (Å²) in [7, 11) is 10.8. The van der Waals surface area contributed by atoms with E-state index in [2.05, 4.69) is 133 Å². The molecule has 0 nitrogen and oxygen atoms in total. The molecule has 0 heterocycles. The maximum atomic E-state index is 4.93. The predicted octanol–water partition coefficient (Wildman–Crippen LogP) is 10.6. The summed E-state index contributed by atoms with van der Waals surface area (Å²) in [5, 5.41) is 6.96. The Morgan fingerprint density at radius 3 is 1.41 bits per heavy atom. The van der Waals surface area contributed by atoms with E-state index in [9.17, 15) is 0 Å². The van der Waals surface area contributed by atoms with E-state index in [4.69, 9.17) is 17.0 Å². The number of halogens is 2. The van der Waals surface area contributed by atoms with E-state index in [1.165, 1.54) is 61.8 Å². The molecule has 39 heavy (non-hydrogen) atoms. The van der Waals surface area contributed by atoms with E-state index in [1.54, 1.807) is 0 Å². The summed E-state index contributed by atoms with van der Waals surface area (Å²) < 4.78 is 0. The van der Waals surface area contributed by atoms with Crippen molar-refractivity contribution >= 4 is 53.3 Å². The quantitative estimate of drug-likeness (QED) is 0.131. The molecule has 5 rings (SSSR count). The summed E-state index contributed by atoms with van der Waals surface area (Å²) in [4.78, 5) is 0. The van der Waals surface area contributed by atoms with Gasteiger partial charge < -0.3 is 0 Å². The third-order valence-corrected chi connectivity index (χ3v) is 7.10. The van der Waals surface area contributed by atoms with Gasteiger partial charge in [-0.05, 0) is 24.7 Å². The summed E-state index contributed by atoms with van der Waals surface area (Å²) in [6, 6.07) is 33.1. The van der Waals surface area contributed by atoms with E-state index in [-0.39, 0.29) is 0 Å². The molecule has 0 atom stereocenters. The van der Waals surface area contributed by atoms with Gasteiger partial charge in [0.2, 0.25) is 0 Å². The molecule has 0 amide bonds. The Morgan fingerprint density at radius 2 is 1.08 bits per heavy atom. The first-order valence-electron chi connectivity index (χ1n) is 13.7. The SMILES string of the molecule is C[Si]c1ccccc1.Cc1cc2cc(CC(C)C)ccc2[cH-]1.Cc1cc2cc(CC(C)C)ccc2[cH-]1.[Cl][Zr+2][Cl]. The maximum absolute atomic E-state index is 4.93. The molecule has 0 bridgehead atoms. The van der Waals surface area contributed by atoms with Gasteiger partial charge in [-0.15, -0.1) is 81.2 Å². The molecule has 0 fully saturated rings. The van der Waals surface area contributed by atoms with Crippen molar-refractivity contribution in [1.82, 2.24) is 0 Å². The Bertz CT molecular complexity index is 1280. The van der Waals surface area contributed by atoms with Crippen molar-refractivity contribution in [3.05, 3.63) is 113 Å². The Hall–Kier alpha value is -1.44. The topological polar surface area (TPSA) is 0 Å². The second-order valence-electron chi connectivity index (χ2n) is 10.9. The molecule has 0 aliphatic rings. The summed E-state index contributed by atoms with van der Waals surface area (Å²) in [6.45, 7) is 15.6. The average molecular weight is 653 g/mol. The van der Waals surface area contributed by atoms with Crippen molar-refractivity contribution in [2.45, 2.75) is 60.9 Å². The van der Waals surface area contributed by atoms with Gasteiger partial charge in [-0.2, -0.15) is 12.1 Å². The fourth-order valence-corrected chi connectivity index (χ4v) is 5.15. The van der Waals surface area contributed by atoms with Crippen molar-refractivity contribution in [2.75, 3.05) is 0 Å². The molecule has 0 saturated heterocycles. The van der Waals surface area contributed by atoms with Crippen LogP contribution in [0.15, 0.2) is 91.0 Å². The monoisotopic (exact) mass is 650 g/mol. The molecule has 0 saturated carbocycles. The summed E-state index contributed by atoms with van der Waals surface area (Å²) >= 11 is -0.826. The molecular formula is C35H42Cl2SiZr. The minimum atomic E-state index is -0.826. The molecule has 0 unspecified atom stereocenters. The van der Waals surface area contributed by atoms with Crippen LogP contribution in [-0.2, 0) is 33.7 Å². The van der Waals surface area contributed by atoms with Gasteiger partial charge in [0, 0.05) is 0 Å². The molecule has 0 N–H and O–H groups in total. The Labute approximate surface area is 258 Å². The van der Waals surface area contributed by atoms with Crippen LogP contribution in [0.3, 0.4) is 0 Å². The Morgan fingerprint density at radius 1 is 0.667 bits per heavy atom. The van der Waals surface area contributed by atoms with Crippen molar-refractivity contribution < 1.29 is 20.8 Å². The first-order valence-corrected chi connectivity index (χ1v) is 21.5. The van der Waals surface area contributed by atoms with Gasteiger partial charge in [0.25, 0.3) is 0 Å². The van der Waals surface area contributed by atoms with E-state index in [0.29, 0.717) is 0 Å². The van der Waals surface area contributed by atoms with Gasteiger partial charge in [0.1, 0.15) is 0 Å². The molecule has 5 aromatic rings. The molecule has 4 heteroatoms. The van der Waals surface area contributed by atoms with Crippen molar-refractivity contribution in [1.29, 1.82) is 0 Å². The molecule has 5 aromatic carbocycles. The van der Waals surface area contributed by atoms with Crippen LogP contribution >= 0.6 is 17.0 Å². The van der Waals surface area contributed by atoms with E-state index >= 15 is 0 Å². The van der Waals surface area contributed by atoms with E-state index in [0.717, 1.165) is 21.4 Å². The van der Waals surface area contributed by atoms with Crippen molar-refractivity contribution in [3.8, 4) is 0 Å². The van der Waals surface area contributed by atoms with E-state index in [1.807, 2.05) is 6.07 Å². The zero-order valence-electron chi connectivity index (χ0n) is 24.5. The standard InChI is InChI=1S/2C14H17.C7H8Si.2ClH.Zr/c2*1-10(2)6-12-4-5-13-7-11(3)8-14(13)9-12;1-8-7-5-3-2-4-6-7;;;/h2*4-5,7-10H,6H2,1-3H3;2-6H,1H3;2*1H;/q2*-1;;;;+4/p-2. The molecule has 0 aliphatic heterocycles. The second-order valence-corrected chi connectivity index (χ2v) is 15.7. The van der Waals surface area contributed by atoms with Gasteiger partial charge in [0.15, 0.2) is 0 Å². The van der Waals surface area contributed by atoms with Crippen LogP contribution in [0.25, 0.3) is 21.5 Å². The van der Waals surface area contributed by atoms with Crippen LogP contribution < -0.4 is 5.19 Å². The predicted molar refractivity (Wildman–Crippen MR) is 175 cm³/mol. The zero-order chi connectivity index (χ0) is 28.8. The molecule has 204 valence electrons. The van der Waals surface area contributed by atoms with Crippen LogP contribution in [0.4, 0.5) is 0 Å². The van der Waals surface area contributed by atoms with Crippen LogP contribution in [0, 0.1) is 25.7 Å². The number of aryl methyl sites for hydroxylation is 2. The number of fused-ring (bicyclic) bond motifs is 2. The fraction of sp³-hybridized carbons (Fsp3) is 0.314. The van der Waals surface area contributed by atoms with Gasteiger partial charge in [-0.25, -0.2) is 0 Å². The van der Waals surface area contributed by atoms with Gasteiger partial charge >= 0.3 is 37.9 Å². The minimum absolute atomic E-state index is 0.739. The zero-order valence-corrected chi connectivity index (χ0v) is 29.5. The average Bonchev–Trinajstić information content (AvgIpc) is 3.44. The number of hydrogen-bond acceptors (Lipinski definition) is 0. The van der Waals surface area contributed by atoms with Crippen LogP contribution in [0.5, 0.6) is 0 Å². The first-order chi connectivity index (χ1) is 18.6. The summed E-state index contributed by atoms with van der Waals surface area (Å²) in [5.41, 5.74) is 5.64. The van der Waals surface area contributed by atoms with E-state index < -0.39 is 20.8 Å².